The number of guanidine groups is 1. The van der Waals surface area contributed by atoms with E-state index in [1.165, 1.54) is 0 Å². The first-order chi connectivity index (χ1) is 8.72. The fraction of sp³-hybridized carbons (Fsp3) is 0.923. The second-order valence-electron chi connectivity index (χ2n) is 6.26. The molecule has 0 aromatic rings. The van der Waals surface area contributed by atoms with Crippen LogP contribution in [0.2, 0.25) is 0 Å². The van der Waals surface area contributed by atoms with E-state index in [1.54, 1.807) is 0 Å². The van der Waals surface area contributed by atoms with Crippen LogP contribution in [0.25, 0.3) is 0 Å². The van der Waals surface area contributed by atoms with E-state index in [1.807, 2.05) is 0 Å². The Labute approximate surface area is 140 Å². The average Bonchev–Trinajstić information content (AvgIpc) is 2.60. The van der Waals surface area contributed by atoms with Crippen LogP contribution in [-0.2, 0) is 9.84 Å². The van der Waals surface area contributed by atoms with Crippen molar-refractivity contribution in [1.82, 2.24) is 10.6 Å². The van der Waals surface area contributed by atoms with Crippen LogP contribution in [0, 0.1) is 5.92 Å². The molecule has 1 unspecified atom stereocenters. The number of halogens is 1. The lowest BCUT2D eigenvalue weighted by atomic mass is 10.1. The topological polar surface area (TPSA) is 70.6 Å². The summed E-state index contributed by atoms with van der Waals surface area (Å²) < 4.78 is 22.8. The lowest BCUT2D eigenvalue weighted by molar-refractivity contribution is 0.497. The molecule has 0 aromatic heterocycles. The van der Waals surface area contributed by atoms with Gasteiger partial charge < -0.3 is 10.6 Å². The second kappa shape index (κ2) is 8.41. The first-order valence-electron chi connectivity index (χ1n) is 6.99. The predicted octanol–water partition coefficient (Wildman–Crippen LogP) is 1.78. The minimum Gasteiger partial charge on any atom is -0.356 e. The maximum absolute atomic E-state index is 11.4. The molecule has 120 valence electrons. The molecule has 7 heteroatoms. The molecule has 20 heavy (non-hydrogen) atoms. The lowest BCUT2D eigenvalue weighted by Crippen LogP contribution is -2.48. The second-order valence-corrected chi connectivity index (χ2v) is 8.49. The highest BCUT2D eigenvalue weighted by Gasteiger charge is 2.27. The van der Waals surface area contributed by atoms with Crippen molar-refractivity contribution in [3.63, 3.8) is 0 Å². The molecule has 0 radical (unpaired) electrons. The van der Waals surface area contributed by atoms with Gasteiger partial charge in [0.2, 0.25) is 0 Å². The fourth-order valence-corrected chi connectivity index (χ4v) is 3.82. The number of rotatable bonds is 4. The molecule has 5 nitrogen and oxygen atoms in total. The van der Waals surface area contributed by atoms with Gasteiger partial charge in [-0.2, -0.15) is 0 Å². The predicted molar refractivity (Wildman–Crippen MR) is 95.7 cm³/mol. The lowest BCUT2D eigenvalue weighted by Gasteiger charge is -2.24. The van der Waals surface area contributed by atoms with E-state index >= 15 is 0 Å². The molecule has 2 N–H and O–H groups in total. The van der Waals surface area contributed by atoms with Gasteiger partial charge in [0.25, 0.3) is 0 Å². The van der Waals surface area contributed by atoms with Crippen molar-refractivity contribution in [2.24, 2.45) is 10.9 Å². The molecule has 1 rings (SSSR count). The summed E-state index contributed by atoms with van der Waals surface area (Å²) in [6.07, 6.45) is 1.77. The summed E-state index contributed by atoms with van der Waals surface area (Å²) in [5.41, 5.74) is -0.0542. The van der Waals surface area contributed by atoms with Gasteiger partial charge in [-0.15, -0.1) is 24.0 Å². The Hall–Kier alpha value is -0.0500. The van der Waals surface area contributed by atoms with Gasteiger partial charge in [-0.25, -0.2) is 8.42 Å². The molecule has 1 aliphatic heterocycles. The summed E-state index contributed by atoms with van der Waals surface area (Å²) in [7, 11) is -2.81. The van der Waals surface area contributed by atoms with Gasteiger partial charge in [0, 0.05) is 18.6 Å². The van der Waals surface area contributed by atoms with Crippen molar-refractivity contribution in [2.75, 3.05) is 24.6 Å². The molecule has 1 atom stereocenters. The summed E-state index contributed by atoms with van der Waals surface area (Å²) >= 11 is 0. The first kappa shape index (κ1) is 19.9. The first-order valence-corrected chi connectivity index (χ1v) is 8.81. The van der Waals surface area contributed by atoms with Gasteiger partial charge in [-0.1, -0.05) is 6.92 Å². The Kier molecular flexibility index (Phi) is 8.39. The van der Waals surface area contributed by atoms with E-state index in [0.29, 0.717) is 12.3 Å². The third-order valence-corrected chi connectivity index (χ3v) is 4.71. The van der Waals surface area contributed by atoms with Gasteiger partial charge in [0.05, 0.1) is 11.5 Å². The van der Waals surface area contributed by atoms with E-state index in [2.05, 4.69) is 43.3 Å². The zero-order chi connectivity index (χ0) is 14.5. The fourth-order valence-electron chi connectivity index (χ4n) is 1.97. The molecular formula is C13H28IN3O2S. The molecule has 0 bridgehead atoms. The number of nitrogens with zero attached hydrogens (tertiary/aromatic N) is 1. The van der Waals surface area contributed by atoms with Crippen LogP contribution in [-0.4, -0.2) is 44.5 Å². The molecule has 0 saturated carbocycles. The summed E-state index contributed by atoms with van der Waals surface area (Å²) in [5, 5.41) is 6.59. The maximum atomic E-state index is 11.4. The van der Waals surface area contributed by atoms with Crippen LogP contribution in [0.3, 0.4) is 0 Å². The van der Waals surface area contributed by atoms with Crippen molar-refractivity contribution in [3.8, 4) is 0 Å². The van der Waals surface area contributed by atoms with Crippen LogP contribution >= 0.6 is 24.0 Å². The number of nitrogens with one attached hydrogen (secondary N) is 2. The molecule has 1 saturated heterocycles. The van der Waals surface area contributed by atoms with Gasteiger partial charge in [0.1, 0.15) is 0 Å². The Morgan fingerprint density at radius 1 is 1.35 bits per heavy atom. The van der Waals surface area contributed by atoms with Gasteiger partial charge in [0.15, 0.2) is 15.8 Å². The molecule has 0 aliphatic carbocycles. The molecule has 1 aliphatic rings. The zero-order valence-electron chi connectivity index (χ0n) is 12.9. The number of sulfone groups is 1. The highest BCUT2D eigenvalue weighted by atomic mass is 127. The summed E-state index contributed by atoms with van der Waals surface area (Å²) in [5.74, 6) is 1.55. The smallest absolute Gasteiger partial charge is 0.191 e. The van der Waals surface area contributed by atoms with E-state index in [9.17, 15) is 8.42 Å². The summed E-state index contributed by atoms with van der Waals surface area (Å²) in [4.78, 5) is 4.52. The van der Waals surface area contributed by atoms with Crippen molar-refractivity contribution >= 4 is 39.8 Å². The van der Waals surface area contributed by atoms with Crippen molar-refractivity contribution in [1.29, 1.82) is 0 Å². The van der Waals surface area contributed by atoms with E-state index < -0.39 is 9.84 Å². The Bertz CT molecular complexity index is 416. The Morgan fingerprint density at radius 2 is 2.00 bits per heavy atom. The van der Waals surface area contributed by atoms with Gasteiger partial charge in [-0.3, -0.25) is 4.99 Å². The minimum atomic E-state index is -2.81. The molecule has 0 amide bonds. The number of hydrogen-bond acceptors (Lipinski definition) is 3. The normalized spacial score (nSPS) is 22.2. The number of hydrogen-bond donors (Lipinski definition) is 2. The van der Waals surface area contributed by atoms with Crippen molar-refractivity contribution in [2.45, 2.75) is 46.1 Å². The zero-order valence-corrected chi connectivity index (χ0v) is 16.0. The summed E-state index contributed by atoms with van der Waals surface area (Å²) in [6, 6.07) is 0. The van der Waals surface area contributed by atoms with Crippen LogP contribution in [0.4, 0.5) is 0 Å². The quantitative estimate of drug-likeness (QED) is 0.416. The van der Waals surface area contributed by atoms with Crippen molar-refractivity contribution < 1.29 is 8.42 Å². The average molecular weight is 417 g/mol. The van der Waals surface area contributed by atoms with Crippen LogP contribution in [0.15, 0.2) is 4.99 Å². The molecule has 0 aromatic carbocycles. The number of aliphatic imine (C=N–C) groups is 1. The highest BCUT2D eigenvalue weighted by Crippen LogP contribution is 2.18. The third kappa shape index (κ3) is 8.28. The molecule has 1 heterocycles. The summed E-state index contributed by atoms with van der Waals surface area (Å²) in [6.45, 7) is 9.78. The van der Waals surface area contributed by atoms with Gasteiger partial charge in [-0.05, 0) is 39.5 Å². The third-order valence-electron chi connectivity index (χ3n) is 2.87. The SMILES string of the molecule is CCCNC(=NCC1CCS(=O)(=O)C1)NC(C)(C)C.I. The molecule has 0 spiro atoms. The largest absolute Gasteiger partial charge is 0.356 e. The van der Waals surface area contributed by atoms with Crippen LogP contribution in [0.1, 0.15) is 40.5 Å². The minimum absolute atomic E-state index is 0. The molecular weight excluding hydrogens is 389 g/mol. The van der Waals surface area contributed by atoms with Crippen LogP contribution < -0.4 is 10.6 Å². The monoisotopic (exact) mass is 417 g/mol. The highest BCUT2D eigenvalue weighted by molar-refractivity contribution is 14.0. The van der Waals surface area contributed by atoms with E-state index in [4.69, 9.17) is 0 Å². The molecule has 1 fully saturated rings. The maximum Gasteiger partial charge on any atom is 0.191 e. The standard InChI is InChI=1S/C13H27N3O2S.HI/c1-5-7-14-12(16-13(2,3)4)15-9-11-6-8-19(17,18)10-11;/h11H,5-10H2,1-4H3,(H2,14,15,16);1H. The van der Waals surface area contributed by atoms with Gasteiger partial charge >= 0.3 is 0 Å². The Morgan fingerprint density at radius 3 is 2.45 bits per heavy atom. The van der Waals surface area contributed by atoms with E-state index in [-0.39, 0.29) is 41.2 Å². The Balaban J connectivity index is 0.00000361. The van der Waals surface area contributed by atoms with E-state index in [0.717, 1.165) is 25.3 Å². The van der Waals surface area contributed by atoms with Crippen molar-refractivity contribution in [3.05, 3.63) is 0 Å². The van der Waals surface area contributed by atoms with Crippen LogP contribution in [0.5, 0.6) is 0 Å².